The molecular formula is C11H19NO3. The Hall–Kier alpha value is -0.870. The number of nitrogens with zero attached hydrogens (tertiary/aromatic N) is 1. The van der Waals surface area contributed by atoms with Crippen molar-refractivity contribution >= 4 is 5.97 Å². The van der Waals surface area contributed by atoms with Crippen LogP contribution in [0, 0.1) is 11.8 Å². The Bertz CT molecular complexity index is 214. The van der Waals surface area contributed by atoms with Crippen LogP contribution in [-0.4, -0.2) is 48.8 Å². The van der Waals surface area contributed by atoms with Gasteiger partial charge in [0.1, 0.15) is 0 Å². The highest BCUT2D eigenvalue weighted by Gasteiger charge is 2.36. The van der Waals surface area contributed by atoms with Crippen LogP contribution in [0.2, 0.25) is 0 Å². The lowest BCUT2D eigenvalue weighted by Gasteiger charge is -2.13. The topological polar surface area (TPSA) is 49.8 Å². The van der Waals surface area contributed by atoms with E-state index in [2.05, 4.69) is 11.5 Å². The van der Waals surface area contributed by atoms with Crippen LogP contribution >= 0.6 is 0 Å². The molecule has 4 heteroatoms. The quantitative estimate of drug-likeness (QED) is 0.691. The Labute approximate surface area is 90.5 Å². The SMILES string of the molecule is C=CCN1CC2COCC2C1.CC(=O)O. The van der Waals surface area contributed by atoms with Crippen molar-refractivity contribution in [3.05, 3.63) is 12.7 Å². The Morgan fingerprint density at radius 1 is 1.53 bits per heavy atom. The molecule has 2 aliphatic rings. The van der Waals surface area contributed by atoms with E-state index in [0.29, 0.717) is 0 Å². The van der Waals surface area contributed by atoms with E-state index < -0.39 is 5.97 Å². The highest BCUT2D eigenvalue weighted by atomic mass is 16.5. The van der Waals surface area contributed by atoms with Crippen molar-refractivity contribution in [1.29, 1.82) is 0 Å². The minimum Gasteiger partial charge on any atom is -0.481 e. The van der Waals surface area contributed by atoms with Crippen LogP contribution in [0.15, 0.2) is 12.7 Å². The summed E-state index contributed by atoms with van der Waals surface area (Å²) in [6.45, 7) is 10.3. The van der Waals surface area contributed by atoms with Crippen LogP contribution in [-0.2, 0) is 9.53 Å². The van der Waals surface area contributed by atoms with Gasteiger partial charge in [0.2, 0.25) is 0 Å². The zero-order valence-electron chi connectivity index (χ0n) is 9.19. The third-order valence-corrected chi connectivity index (χ3v) is 2.70. The van der Waals surface area contributed by atoms with Gasteiger partial charge in [0.25, 0.3) is 5.97 Å². The van der Waals surface area contributed by atoms with Crippen LogP contribution in [0.5, 0.6) is 0 Å². The van der Waals surface area contributed by atoms with Gasteiger partial charge >= 0.3 is 0 Å². The molecular weight excluding hydrogens is 194 g/mol. The number of hydrogen-bond acceptors (Lipinski definition) is 3. The van der Waals surface area contributed by atoms with E-state index in [1.165, 1.54) is 13.1 Å². The van der Waals surface area contributed by atoms with E-state index in [1.807, 2.05) is 6.08 Å². The maximum absolute atomic E-state index is 9.00. The first kappa shape index (κ1) is 12.2. The Kier molecular flexibility index (Phi) is 4.78. The second-order valence-corrected chi connectivity index (χ2v) is 4.08. The summed E-state index contributed by atoms with van der Waals surface area (Å²) in [5.74, 6) is 0.796. The number of hydrogen-bond donors (Lipinski definition) is 1. The molecule has 2 unspecified atom stereocenters. The summed E-state index contributed by atoms with van der Waals surface area (Å²) in [6, 6.07) is 0. The molecule has 0 aromatic carbocycles. The molecule has 0 saturated carbocycles. The Morgan fingerprint density at radius 2 is 2.00 bits per heavy atom. The second-order valence-electron chi connectivity index (χ2n) is 4.08. The van der Waals surface area contributed by atoms with Crippen molar-refractivity contribution in [2.24, 2.45) is 11.8 Å². The van der Waals surface area contributed by atoms with Gasteiger partial charge in [-0.25, -0.2) is 0 Å². The monoisotopic (exact) mass is 213 g/mol. The first-order valence-electron chi connectivity index (χ1n) is 5.24. The van der Waals surface area contributed by atoms with Gasteiger partial charge in [0, 0.05) is 38.4 Å². The van der Waals surface area contributed by atoms with Gasteiger partial charge in [0.05, 0.1) is 13.2 Å². The average molecular weight is 213 g/mol. The van der Waals surface area contributed by atoms with Crippen molar-refractivity contribution in [3.63, 3.8) is 0 Å². The fourth-order valence-corrected chi connectivity index (χ4v) is 2.12. The molecule has 2 heterocycles. The second kappa shape index (κ2) is 5.88. The zero-order valence-corrected chi connectivity index (χ0v) is 9.19. The van der Waals surface area contributed by atoms with Crippen molar-refractivity contribution in [2.75, 3.05) is 32.8 Å². The van der Waals surface area contributed by atoms with Gasteiger partial charge in [0.15, 0.2) is 0 Å². The van der Waals surface area contributed by atoms with Gasteiger partial charge < -0.3 is 9.84 Å². The fraction of sp³-hybridized carbons (Fsp3) is 0.727. The molecule has 1 N–H and O–H groups in total. The molecule has 2 saturated heterocycles. The fourth-order valence-electron chi connectivity index (χ4n) is 2.12. The number of rotatable bonds is 2. The van der Waals surface area contributed by atoms with E-state index in [0.717, 1.165) is 38.5 Å². The van der Waals surface area contributed by atoms with Crippen molar-refractivity contribution in [3.8, 4) is 0 Å². The molecule has 4 nitrogen and oxygen atoms in total. The molecule has 0 aromatic rings. The van der Waals surface area contributed by atoms with E-state index in [9.17, 15) is 0 Å². The van der Waals surface area contributed by atoms with Gasteiger partial charge in [-0.2, -0.15) is 0 Å². The minimum absolute atomic E-state index is 0.815. The van der Waals surface area contributed by atoms with E-state index in [1.54, 1.807) is 0 Å². The summed E-state index contributed by atoms with van der Waals surface area (Å²) in [7, 11) is 0. The molecule has 15 heavy (non-hydrogen) atoms. The summed E-state index contributed by atoms with van der Waals surface area (Å²) < 4.78 is 5.39. The highest BCUT2D eigenvalue weighted by molar-refractivity contribution is 5.62. The molecule has 2 fully saturated rings. The predicted octanol–water partition coefficient (Wildman–Crippen LogP) is 0.841. The van der Waals surface area contributed by atoms with E-state index in [4.69, 9.17) is 14.6 Å². The van der Waals surface area contributed by atoms with E-state index >= 15 is 0 Å². The Balaban J connectivity index is 0.000000245. The molecule has 0 aromatic heterocycles. The molecule has 0 spiro atoms. The molecule has 2 atom stereocenters. The molecule has 0 radical (unpaired) electrons. The molecule has 86 valence electrons. The van der Waals surface area contributed by atoms with Crippen molar-refractivity contribution in [2.45, 2.75) is 6.92 Å². The van der Waals surface area contributed by atoms with Gasteiger partial charge in [-0.15, -0.1) is 6.58 Å². The van der Waals surface area contributed by atoms with Gasteiger partial charge in [-0.3, -0.25) is 9.69 Å². The largest absolute Gasteiger partial charge is 0.481 e. The predicted molar refractivity (Wildman–Crippen MR) is 57.7 cm³/mol. The normalized spacial score (nSPS) is 29.1. The van der Waals surface area contributed by atoms with Crippen LogP contribution < -0.4 is 0 Å². The lowest BCUT2D eigenvalue weighted by atomic mass is 10.0. The number of carbonyl (C=O) groups is 1. The van der Waals surface area contributed by atoms with Crippen LogP contribution in [0.3, 0.4) is 0 Å². The smallest absolute Gasteiger partial charge is 0.300 e. The van der Waals surface area contributed by atoms with Crippen LogP contribution in [0.25, 0.3) is 0 Å². The first-order valence-corrected chi connectivity index (χ1v) is 5.24. The summed E-state index contributed by atoms with van der Waals surface area (Å²) in [4.78, 5) is 11.5. The van der Waals surface area contributed by atoms with Crippen molar-refractivity contribution < 1.29 is 14.6 Å². The lowest BCUT2D eigenvalue weighted by molar-refractivity contribution is -0.134. The van der Waals surface area contributed by atoms with Crippen molar-refractivity contribution in [1.82, 2.24) is 4.90 Å². The number of aliphatic carboxylic acids is 1. The van der Waals surface area contributed by atoms with Crippen LogP contribution in [0.1, 0.15) is 6.92 Å². The summed E-state index contributed by atoms with van der Waals surface area (Å²) in [5, 5.41) is 7.42. The summed E-state index contributed by atoms with van der Waals surface area (Å²) >= 11 is 0. The third kappa shape index (κ3) is 4.01. The zero-order chi connectivity index (χ0) is 11.3. The Morgan fingerprint density at radius 3 is 2.40 bits per heavy atom. The molecule has 0 aliphatic carbocycles. The average Bonchev–Trinajstić information content (AvgIpc) is 2.62. The number of carboxylic acids is 1. The van der Waals surface area contributed by atoms with Gasteiger partial charge in [-0.1, -0.05) is 6.08 Å². The summed E-state index contributed by atoms with van der Waals surface area (Å²) in [5.41, 5.74) is 0. The standard InChI is InChI=1S/C9H15NO.C2H4O2/c1-2-3-10-4-8-6-11-7-9(8)5-10;1-2(3)4/h2,8-9H,1,3-7H2;1H3,(H,3,4). The first-order chi connectivity index (χ1) is 7.13. The summed E-state index contributed by atoms with van der Waals surface area (Å²) in [6.07, 6.45) is 1.99. The molecule has 2 rings (SSSR count). The maximum Gasteiger partial charge on any atom is 0.300 e. The molecule has 0 amide bonds. The minimum atomic E-state index is -0.833. The van der Waals surface area contributed by atoms with Crippen LogP contribution in [0.4, 0.5) is 0 Å². The highest BCUT2D eigenvalue weighted by Crippen LogP contribution is 2.28. The third-order valence-electron chi connectivity index (χ3n) is 2.70. The van der Waals surface area contributed by atoms with E-state index in [-0.39, 0.29) is 0 Å². The molecule has 2 aliphatic heterocycles. The van der Waals surface area contributed by atoms with Gasteiger partial charge in [-0.05, 0) is 0 Å². The maximum atomic E-state index is 9.00. The number of carboxylic acid groups (broad SMARTS) is 1. The lowest BCUT2D eigenvalue weighted by Crippen LogP contribution is -2.22. The number of ether oxygens (including phenoxy) is 1. The number of likely N-dealkylation sites (tertiary alicyclic amines) is 1. The molecule has 0 bridgehead atoms. The number of fused-ring (bicyclic) bond motifs is 1.